The highest BCUT2D eigenvalue weighted by Crippen LogP contribution is 2.42. The fraction of sp³-hybridized carbons (Fsp3) is 0.167. The first kappa shape index (κ1) is 14.4. The number of carbonyl (C=O) groups excluding carboxylic acids is 1. The van der Waals surface area contributed by atoms with E-state index in [-0.39, 0.29) is 19.4 Å². The molecule has 6 nitrogen and oxygen atoms in total. The molecule has 0 spiro atoms. The van der Waals surface area contributed by atoms with Gasteiger partial charge >= 0.3 is 0 Å². The minimum Gasteiger partial charge on any atom is -0.493 e. The van der Waals surface area contributed by atoms with Crippen molar-refractivity contribution in [1.82, 2.24) is 0 Å². The number of benzene rings is 2. The van der Waals surface area contributed by atoms with Crippen molar-refractivity contribution >= 4 is 11.9 Å². The summed E-state index contributed by atoms with van der Waals surface area (Å²) < 4.78 is 26.5. The van der Waals surface area contributed by atoms with Crippen LogP contribution in [-0.2, 0) is 0 Å². The molecule has 0 amide bonds. The Morgan fingerprint density at radius 1 is 1.00 bits per heavy atom. The zero-order chi connectivity index (χ0) is 16.5. The van der Waals surface area contributed by atoms with Crippen LogP contribution in [0.4, 0.5) is 0 Å². The molecule has 0 bridgehead atoms. The predicted molar refractivity (Wildman–Crippen MR) is 85.0 cm³/mol. The van der Waals surface area contributed by atoms with Crippen molar-refractivity contribution in [1.29, 1.82) is 0 Å². The van der Waals surface area contributed by atoms with Crippen LogP contribution in [0.25, 0.3) is 6.08 Å². The molecule has 6 heteroatoms. The molecule has 2 aromatic rings. The number of fused-ring (bicyclic) bond motifs is 2. The lowest BCUT2D eigenvalue weighted by molar-refractivity contribution is 0.104. The van der Waals surface area contributed by atoms with Crippen LogP contribution in [0.5, 0.6) is 28.7 Å². The molecular formula is C18H14O6. The normalized spacial score (nSPS) is 14.2. The molecule has 2 aliphatic rings. The zero-order valence-corrected chi connectivity index (χ0v) is 12.9. The van der Waals surface area contributed by atoms with E-state index in [9.17, 15) is 4.79 Å². The van der Waals surface area contributed by atoms with Gasteiger partial charge in [-0.1, -0.05) is 6.08 Å². The van der Waals surface area contributed by atoms with Gasteiger partial charge in [0.05, 0.1) is 7.11 Å². The van der Waals surface area contributed by atoms with Crippen molar-refractivity contribution in [2.45, 2.75) is 0 Å². The second-order valence-electron chi connectivity index (χ2n) is 5.22. The fourth-order valence-electron chi connectivity index (χ4n) is 2.56. The first-order chi connectivity index (χ1) is 11.7. The van der Waals surface area contributed by atoms with Crippen molar-refractivity contribution in [2.24, 2.45) is 0 Å². The molecule has 24 heavy (non-hydrogen) atoms. The lowest BCUT2D eigenvalue weighted by Gasteiger charge is -2.05. The van der Waals surface area contributed by atoms with Crippen LogP contribution in [0.3, 0.4) is 0 Å². The third kappa shape index (κ3) is 2.52. The van der Waals surface area contributed by atoms with Crippen LogP contribution in [-0.4, -0.2) is 26.5 Å². The van der Waals surface area contributed by atoms with Crippen LogP contribution in [0.2, 0.25) is 0 Å². The summed E-state index contributed by atoms with van der Waals surface area (Å²) in [4.78, 5) is 12.3. The maximum atomic E-state index is 12.3. The summed E-state index contributed by atoms with van der Waals surface area (Å²) in [5, 5.41) is 0. The molecule has 0 atom stereocenters. The van der Waals surface area contributed by atoms with E-state index in [1.807, 2.05) is 0 Å². The third-order valence-electron chi connectivity index (χ3n) is 3.76. The molecule has 0 radical (unpaired) electrons. The van der Waals surface area contributed by atoms with Gasteiger partial charge < -0.3 is 23.7 Å². The maximum absolute atomic E-state index is 12.3. The van der Waals surface area contributed by atoms with Gasteiger partial charge in [-0.05, 0) is 42.0 Å². The Balaban J connectivity index is 1.58. The van der Waals surface area contributed by atoms with E-state index in [2.05, 4.69) is 0 Å². The summed E-state index contributed by atoms with van der Waals surface area (Å²) >= 11 is 0. The van der Waals surface area contributed by atoms with Crippen molar-refractivity contribution in [3.8, 4) is 28.7 Å². The van der Waals surface area contributed by atoms with Crippen LogP contribution in [0, 0.1) is 0 Å². The highest BCUT2D eigenvalue weighted by Gasteiger charge is 2.19. The van der Waals surface area contributed by atoms with Crippen LogP contribution < -0.4 is 23.7 Å². The standard InChI is InChI=1S/C18H14O6/c1-20-16-6-11(7-17-18(16)24-10-23-17)2-4-13(19)12-3-5-14-15(8-12)22-9-21-14/h2-8H,9-10H2,1H3. The monoisotopic (exact) mass is 326 g/mol. The first-order valence-electron chi connectivity index (χ1n) is 7.34. The molecule has 0 saturated carbocycles. The number of ketones is 1. The van der Waals surface area contributed by atoms with Gasteiger partial charge in [-0.25, -0.2) is 0 Å². The van der Waals surface area contributed by atoms with Crippen LogP contribution >= 0.6 is 0 Å². The number of ether oxygens (including phenoxy) is 5. The van der Waals surface area contributed by atoms with Crippen LogP contribution in [0.15, 0.2) is 36.4 Å². The van der Waals surface area contributed by atoms with E-state index in [1.54, 1.807) is 43.5 Å². The van der Waals surface area contributed by atoms with Gasteiger partial charge in [0.2, 0.25) is 19.3 Å². The molecule has 2 aliphatic heterocycles. The topological polar surface area (TPSA) is 63.2 Å². The first-order valence-corrected chi connectivity index (χ1v) is 7.34. The molecule has 0 saturated heterocycles. The van der Waals surface area contributed by atoms with Crippen molar-refractivity contribution in [3.63, 3.8) is 0 Å². The Kier molecular flexibility index (Phi) is 3.49. The SMILES string of the molecule is COc1cc(C=CC(=O)c2ccc3c(c2)OCO3)cc2c1OCO2. The Labute approximate surface area is 138 Å². The molecule has 0 aromatic heterocycles. The minimum atomic E-state index is -0.134. The van der Waals surface area contributed by atoms with Crippen molar-refractivity contribution < 1.29 is 28.5 Å². The summed E-state index contributed by atoms with van der Waals surface area (Å²) in [6.07, 6.45) is 3.20. The highest BCUT2D eigenvalue weighted by atomic mass is 16.7. The smallest absolute Gasteiger partial charge is 0.231 e. The Morgan fingerprint density at radius 2 is 1.79 bits per heavy atom. The molecule has 4 rings (SSSR count). The van der Waals surface area contributed by atoms with Crippen molar-refractivity contribution in [3.05, 3.63) is 47.5 Å². The summed E-state index contributed by atoms with van der Waals surface area (Å²) in [5.41, 5.74) is 1.31. The van der Waals surface area contributed by atoms with Gasteiger partial charge in [-0.3, -0.25) is 4.79 Å². The van der Waals surface area contributed by atoms with E-state index < -0.39 is 0 Å². The van der Waals surface area contributed by atoms with Gasteiger partial charge in [0.1, 0.15) is 0 Å². The van der Waals surface area contributed by atoms with E-state index >= 15 is 0 Å². The molecule has 0 N–H and O–H groups in total. The predicted octanol–water partition coefficient (Wildman–Crippen LogP) is 3.05. The van der Waals surface area contributed by atoms with E-state index in [1.165, 1.54) is 6.08 Å². The second-order valence-corrected chi connectivity index (χ2v) is 5.22. The summed E-state index contributed by atoms with van der Waals surface area (Å²) in [7, 11) is 1.56. The number of rotatable bonds is 4. The molecule has 122 valence electrons. The van der Waals surface area contributed by atoms with Gasteiger partial charge in [-0.2, -0.15) is 0 Å². The van der Waals surface area contributed by atoms with E-state index in [4.69, 9.17) is 23.7 Å². The third-order valence-corrected chi connectivity index (χ3v) is 3.76. The second kappa shape index (κ2) is 5.81. The maximum Gasteiger partial charge on any atom is 0.231 e. The van der Waals surface area contributed by atoms with Gasteiger partial charge in [0.15, 0.2) is 28.8 Å². The van der Waals surface area contributed by atoms with Gasteiger partial charge in [-0.15, -0.1) is 0 Å². The van der Waals surface area contributed by atoms with Crippen molar-refractivity contribution in [2.75, 3.05) is 20.7 Å². The average molecular weight is 326 g/mol. The molecular weight excluding hydrogens is 312 g/mol. The fourth-order valence-corrected chi connectivity index (χ4v) is 2.56. The quantitative estimate of drug-likeness (QED) is 0.636. The number of hydrogen-bond donors (Lipinski definition) is 0. The molecule has 2 heterocycles. The summed E-state index contributed by atoms with van der Waals surface area (Å²) in [6.45, 7) is 0.342. The van der Waals surface area contributed by atoms with E-state index in [0.717, 1.165) is 5.56 Å². The lowest BCUT2D eigenvalue weighted by atomic mass is 10.1. The molecule has 0 aliphatic carbocycles. The summed E-state index contributed by atoms with van der Waals surface area (Å²) in [5.74, 6) is 2.85. The van der Waals surface area contributed by atoms with Gasteiger partial charge in [0, 0.05) is 5.56 Å². The zero-order valence-electron chi connectivity index (χ0n) is 12.9. The highest BCUT2D eigenvalue weighted by molar-refractivity contribution is 6.07. The Hall–Kier alpha value is -3.15. The number of hydrogen-bond acceptors (Lipinski definition) is 6. The average Bonchev–Trinajstić information content (AvgIpc) is 3.26. The largest absolute Gasteiger partial charge is 0.493 e. The van der Waals surface area contributed by atoms with Gasteiger partial charge in [0.25, 0.3) is 0 Å². The Bertz CT molecular complexity index is 840. The number of carbonyl (C=O) groups is 1. The lowest BCUT2D eigenvalue weighted by Crippen LogP contribution is -1.94. The molecule has 0 fully saturated rings. The summed E-state index contributed by atoms with van der Waals surface area (Å²) in [6, 6.07) is 8.70. The minimum absolute atomic E-state index is 0.134. The number of methoxy groups -OCH3 is 1. The van der Waals surface area contributed by atoms with E-state index in [0.29, 0.717) is 34.3 Å². The van der Waals surface area contributed by atoms with Crippen LogP contribution in [0.1, 0.15) is 15.9 Å². The molecule has 2 aromatic carbocycles. The molecule has 0 unspecified atom stereocenters. The number of allylic oxidation sites excluding steroid dienone is 1. The Morgan fingerprint density at radius 3 is 2.67 bits per heavy atom.